The van der Waals surface area contributed by atoms with Crippen molar-refractivity contribution in [1.29, 1.82) is 0 Å². The van der Waals surface area contributed by atoms with Gasteiger partial charge in [-0.2, -0.15) is 0 Å². The van der Waals surface area contributed by atoms with Gasteiger partial charge in [-0.05, 0) is 43.7 Å². The van der Waals surface area contributed by atoms with Gasteiger partial charge in [0.1, 0.15) is 0 Å². The summed E-state index contributed by atoms with van der Waals surface area (Å²) >= 11 is 1.33. The van der Waals surface area contributed by atoms with Crippen LogP contribution in [0.3, 0.4) is 0 Å². The van der Waals surface area contributed by atoms with Gasteiger partial charge >= 0.3 is 0 Å². The number of aromatic nitrogens is 2. The molecule has 0 unspecified atom stereocenters. The van der Waals surface area contributed by atoms with Gasteiger partial charge in [-0.15, -0.1) is 0 Å². The van der Waals surface area contributed by atoms with Crippen LogP contribution in [0.4, 0.5) is 0 Å². The summed E-state index contributed by atoms with van der Waals surface area (Å²) in [5.41, 5.74) is 0.605. The molecule has 2 atom stereocenters. The first-order chi connectivity index (χ1) is 14.0. The van der Waals surface area contributed by atoms with Crippen molar-refractivity contribution < 1.29 is 9.53 Å². The van der Waals surface area contributed by atoms with E-state index < -0.39 is 0 Å². The number of ether oxygens (including phenoxy) is 1. The molecule has 0 saturated carbocycles. The van der Waals surface area contributed by atoms with Gasteiger partial charge in [-0.3, -0.25) is 14.2 Å². The van der Waals surface area contributed by atoms with E-state index in [4.69, 9.17) is 9.72 Å². The summed E-state index contributed by atoms with van der Waals surface area (Å²) in [6.45, 7) is 7.59. The second kappa shape index (κ2) is 8.16. The van der Waals surface area contributed by atoms with E-state index in [1.807, 2.05) is 62.1 Å². The van der Waals surface area contributed by atoms with Crippen LogP contribution < -0.4 is 5.56 Å². The van der Waals surface area contributed by atoms with Crippen molar-refractivity contribution in [3.8, 4) is 0 Å². The van der Waals surface area contributed by atoms with E-state index in [1.165, 1.54) is 11.8 Å². The second-order valence-electron chi connectivity index (χ2n) is 7.51. The monoisotopic (exact) mass is 411 g/mol. The van der Waals surface area contributed by atoms with Gasteiger partial charge in [0.05, 0.1) is 28.9 Å². The minimum atomic E-state index is -0.0631. The summed E-state index contributed by atoms with van der Waals surface area (Å²) in [6.07, 6.45) is 0.0715. The van der Waals surface area contributed by atoms with Crippen LogP contribution in [-0.2, 0) is 16.1 Å². The number of carbonyl (C=O) groups is 1. The molecule has 0 radical (unpaired) electrons. The van der Waals surface area contributed by atoms with Crippen LogP contribution in [0.5, 0.6) is 0 Å². The van der Waals surface area contributed by atoms with Gasteiger partial charge in [0.25, 0.3) is 5.56 Å². The van der Waals surface area contributed by atoms with Crippen molar-refractivity contribution in [2.75, 3.05) is 18.8 Å². The third-order valence-corrected chi connectivity index (χ3v) is 6.16. The largest absolute Gasteiger partial charge is 0.372 e. The Kier molecular flexibility index (Phi) is 5.61. The van der Waals surface area contributed by atoms with Gasteiger partial charge < -0.3 is 9.64 Å². The van der Waals surface area contributed by atoms with Crippen LogP contribution in [0.2, 0.25) is 0 Å². The molecule has 7 heteroatoms. The molecule has 2 heterocycles. The second-order valence-corrected chi connectivity index (χ2v) is 8.45. The summed E-state index contributed by atoms with van der Waals surface area (Å²) in [6, 6.07) is 11.8. The average molecular weight is 412 g/mol. The van der Waals surface area contributed by atoms with E-state index in [1.54, 1.807) is 4.57 Å². The van der Waals surface area contributed by atoms with Crippen molar-refractivity contribution >= 4 is 39.3 Å². The van der Waals surface area contributed by atoms with Crippen LogP contribution in [0.1, 0.15) is 20.8 Å². The van der Waals surface area contributed by atoms with E-state index in [-0.39, 0.29) is 29.4 Å². The lowest BCUT2D eigenvalue weighted by Crippen LogP contribution is -2.48. The molecule has 1 amide bonds. The fraction of sp³-hybridized carbons (Fsp3) is 0.409. The van der Waals surface area contributed by atoms with E-state index in [2.05, 4.69) is 0 Å². The van der Waals surface area contributed by atoms with E-state index in [0.717, 1.165) is 10.8 Å². The normalized spacial score (nSPS) is 19.8. The molecule has 0 N–H and O–H groups in total. The van der Waals surface area contributed by atoms with Crippen molar-refractivity contribution in [3.05, 3.63) is 46.8 Å². The number of benzene rings is 2. The molecule has 1 aromatic heterocycles. The Morgan fingerprint density at radius 3 is 2.48 bits per heavy atom. The van der Waals surface area contributed by atoms with Crippen LogP contribution in [-0.4, -0.2) is 51.4 Å². The average Bonchev–Trinajstić information content (AvgIpc) is 2.70. The number of rotatable bonds is 4. The third kappa shape index (κ3) is 4.02. The van der Waals surface area contributed by atoms with Gasteiger partial charge in [-0.25, -0.2) is 4.98 Å². The highest BCUT2D eigenvalue weighted by molar-refractivity contribution is 7.99. The van der Waals surface area contributed by atoms with Crippen LogP contribution in [0.25, 0.3) is 21.7 Å². The van der Waals surface area contributed by atoms with E-state index >= 15 is 0 Å². The molecule has 0 aliphatic carbocycles. The van der Waals surface area contributed by atoms with Crippen molar-refractivity contribution in [1.82, 2.24) is 14.5 Å². The minimum absolute atomic E-state index is 0.0357. The number of thioether (sulfide) groups is 1. The maximum atomic E-state index is 13.1. The predicted molar refractivity (Wildman–Crippen MR) is 116 cm³/mol. The summed E-state index contributed by atoms with van der Waals surface area (Å²) in [5, 5.41) is 3.26. The quantitative estimate of drug-likeness (QED) is 0.374. The number of carbonyl (C=O) groups excluding carboxylic acids is 1. The van der Waals surface area contributed by atoms with Gasteiger partial charge in [0.15, 0.2) is 5.16 Å². The summed E-state index contributed by atoms with van der Waals surface area (Å²) in [7, 11) is 0. The first-order valence-electron chi connectivity index (χ1n) is 9.95. The first kappa shape index (κ1) is 19.9. The zero-order chi connectivity index (χ0) is 20.5. The highest BCUT2D eigenvalue weighted by Gasteiger charge is 2.26. The Hall–Kier alpha value is -2.38. The molecule has 0 bridgehead atoms. The lowest BCUT2D eigenvalue weighted by Gasteiger charge is -2.35. The molecule has 1 fully saturated rings. The van der Waals surface area contributed by atoms with Gasteiger partial charge in [0, 0.05) is 19.6 Å². The van der Waals surface area contributed by atoms with Crippen LogP contribution in [0, 0.1) is 0 Å². The first-order valence-corrected chi connectivity index (χ1v) is 10.9. The Morgan fingerprint density at radius 2 is 1.83 bits per heavy atom. The number of morpholine rings is 1. The van der Waals surface area contributed by atoms with E-state index in [0.29, 0.717) is 35.7 Å². The maximum Gasteiger partial charge on any atom is 0.262 e. The molecule has 3 aromatic rings. The SMILES string of the molecule is CCn1c(SCC(=O)N2C[C@@H](C)O[C@H](C)C2)nc2cc3ccccc3cc2c1=O. The fourth-order valence-electron chi connectivity index (χ4n) is 3.88. The van der Waals surface area contributed by atoms with Crippen LogP contribution in [0.15, 0.2) is 46.3 Å². The Bertz CT molecular complexity index is 1120. The molecule has 1 aliphatic rings. The zero-order valence-electron chi connectivity index (χ0n) is 16.9. The smallest absolute Gasteiger partial charge is 0.262 e. The van der Waals surface area contributed by atoms with Gasteiger partial charge in [0.2, 0.25) is 5.91 Å². The number of hydrogen-bond donors (Lipinski definition) is 0. The van der Waals surface area contributed by atoms with Crippen molar-refractivity contribution in [3.63, 3.8) is 0 Å². The molecule has 2 aromatic carbocycles. The molecule has 6 nitrogen and oxygen atoms in total. The van der Waals surface area contributed by atoms with E-state index in [9.17, 15) is 9.59 Å². The fourth-order valence-corrected chi connectivity index (χ4v) is 4.84. The Labute approximate surface area is 173 Å². The number of nitrogens with zero attached hydrogens (tertiary/aromatic N) is 3. The topological polar surface area (TPSA) is 64.4 Å². The van der Waals surface area contributed by atoms with Crippen LogP contribution >= 0.6 is 11.8 Å². The number of hydrogen-bond acceptors (Lipinski definition) is 5. The Balaban J connectivity index is 1.63. The molecule has 1 saturated heterocycles. The maximum absolute atomic E-state index is 13.1. The Morgan fingerprint density at radius 1 is 1.17 bits per heavy atom. The summed E-state index contributed by atoms with van der Waals surface area (Å²) in [4.78, 5) is 32.4. The summed E-state index contributed by atoms with van der Waals surface area (Å²) < 4.78 is 7.36. The van der Waals surface area contributed by atoms with Gasteiger partial charge in [-0.1, -0.05) is 36.0 Å². The predicted octanol–water partition coefficient (Wildman–Crippen LogP) is 3.30. The highest BCUT2D eigenvalue weighted by Crippen LogP contribution is 2.23. The summed E-state index contributed by atoms with van der Waals surface area (Å²) in [5.74, 6) is 0.304. The molecule has 0 spiro atoms. The lowest BCUT2D eigenvalue weighted by molar-refractivity contribution is -0.140. The molecule has 1 aliphatic heterocycles. The molecular formula is C22H25N3O3S. The number of fused-ring (bicyclic) bond motifs is 2. The van der Waals surface area contributed by atoms with Crippen molar-refractivity contribution in [2.45, 2.75) is 44.7 Å². The molecule has 152 valence electrons. The molecule has 29 heavy (non-hydrogen) atoms. The molecular weight excluding hydrogens is 386 g/mol. The standard InChI is InChI=1S/C22H25N3O3S/c1-4-25-21(27)18-9-16-7-5-6-8-17(16)10-19(18)23-22(25)29-13-20(26)24-11-14(2)28-15(3)12-24/h5-10,14-15H,4,11-13H2,1-3H3/t14-,15-/m1/s1. The molecule has 4 rings (SSSR count). The number of amides is 1. The minimum Gasteiger partial charge on any atom is -0.372 e. The third-order valence-electron chi connectivity index (χ3n) is 5.20. The van der Waals surface area contributed by atoms with Crippen molar-refractivity contribution in [2.24, 2.45) is 0 Å². The zero-order valence-corrected chi connectivity index (χ0v) is 17.7. The highest BCUT2D eigenvalue weighted by atomic mass is 32.2. The lowest BCUT2D eigenvalue weighted by atomic mass is 10.1.